The van der Waals surface area contributed by atoms with Crippen LogP contribution in [0.3, 0.4) is 0 Å². The molecule has 5 nitrogen and oxygen atoms in total. The van der Waals surface area contributed by atoms with Gasteiger partial charge in [0.05, 0.1) is 19.2 Å². The normalized spacial score (nSPS) is 15.3. The Kier molecular flexibility index (Phi) is 4.49. The zero-order valence-electron chi connectivity index (χ0n) is 11.4. The van der Waals surface area contributed by atoms with Crippen LogP contribution in [0.15, 0.2) is 18.2 Å². The molecule has 0 bridgehead atoms. The molecule has 1 unspecified atom stereocenters. The van der Waals surface area contributed by atoms with Crippen LogP contribution in [0.25, 0.3) is 0 Å². The average Bonchev–Trinajstić information content (AvgIpc) is 2.43. The zero-order chi connectivity index (χ0) is 14.7. The average molecular weight is 298 g/mol. The number of carbonyl (C=O) groups excluding carboxylic acids is 2. The first-order chi connectivity index (χ1) is 9.51. The number of hydrogen-bond donors (Lipinski definition) is 0. The number of halogens is 1. The third-order valence-corrected chi connectivity index (χ3v) is 3.49. The Morgan fingerprint density at radius 3 is 3.00 bits per heavy atom. The zero-order valence-corrected chi connectivity index (χ0v) is 12.1. The second-order valence-corrected chi connectivity index (χ2v) is 5.24. The molecule has 0 radical (unpaired) electrons. The molecule has 0 aromatic heterocycles. The maximum absolute atomic E-state index is 11.6. The van der Waals surface area contributed by atoms with Gasteiger partial charge in [-0.3, -0.25) is 9.59 Å². The van der Waals surface area contributed by atoms with Crippen molar-refractivity contribution in [2.75, 3.05) is 25.7 Å². The van der Waals surface area contributed by atoms with E-state index in [9.17, 15) is 9.59 Å². The minimum atomic E-state index is -0.342. The molecule has 108 valence electrons. The van der Waals surface area contributed by atoms with Gasteiger partial charge in [-0.25, -0.2) is 0 Å². The molecule has 1 aromatic carbocycles. The second-order valence-electron chi connectivity index (χ2n) is 4.63. The topological polar surface area (TPSA) is 55.8 Å². The van der Waals surface area contributed by atoms with Crippen LogP contribution in [0.4, 0.5) is 5.69 Å². The number of carbonyl (C=O) groups is 2. The molecule has 0 spiro atoms. The Hall–Kier alpha value is -1.75. The number of amides is 1. The van der Waals surface area contributed by atoms with Gasteiger partial charge < -0.3 is 14.4 Å². The molecule has 0 aliphatic carbocycles. The SMILES string of the molecule is COC(=O)CC(Cl)Cc1ccc2c(c1)N(C)C(=O)CO2. The van der Waals surface area contributed by atoms with Crippen molar-refractivity contribution in [3.8, 4) is 5.75 Å². The van der Waals surface area contributed by atoms with Gasteiger partial charge >= 0.3 is 5.97 Å². The van der Waals surface area contributed by atoms with Gasteiger partial charge in [-0.1, -0.05) is 6.07 Å². The highest BCUT2D eigenvalue weighted by atomic mass is 35.5. The van der Waals surface area contributed by atoms with E-state index in [4.69, 9.17) is 16.3 Å². The summed E-state index contributed by atoms with van der Waals surface area (Å²) in [7, 11) is 3.04. The van der Waals surface area contributed by atoms with E-state index < -0.39 is 0 Å². The van der Waals surface area contributed by atoms with Gasteiger partial charge in [0, 0.05) is 12.4 Å². The lowest BCUT2D eigenvalue weighted by molar-refractivity contribution is -0.140. The third kappa shape index (κ3) is 3.22. The van der Waals surface area contributed by atoms with Crippen LogP contribution < -0.4 is 9.64 Å². The summed E-state index contributed by atoms with van der Waals surface area (Å²) in [6.45, 7) is 0.0588. The molecule has 2 rings (SSSR count). The highest BCUT2D eigenvalue weighted by Gasteiger charge is 2.22. The fraction of sp³-hybridized carbons (Fsp3) is 0.429. The summed E-state index contributed by atoms with van der Waals surface area (Å²) in [6, 6.07) is 5.56. The van der Waals surface area contributed by atoms with Gasteiger partial charge in [0.2, 0.25) is 0 Å². The van der Waals surface area contributed by atoms with Crippen molar-refractivity contribution < 1.29 is 19.1 Å². The molecule has 6 heteroatoms. The molecule has 0 N–H and O–H groups in total. The lowest BCUT2D eigenvalue weighted by Crippen LogP contribution is -2.35. The maximum Gasteiger partial charge on any atom is 0.307 e. The van der Waals surface area contributed by atoms with Crippen LogP contribution in [0.5, 0.6) is 5.75 Å². The molecule has 1 aliphatic rings. The van der Waals surface area contributed by atoms with Crippen molar-refractivity contribution in [1.82, 2.24) is 0 Å². The number of rotatable bonds is 4. The van der Waals surface area contributed by atoms with Gasteiger partial charge in [-0.2, -0.15) is 0 Å². The van der Waals surface area contributed by atoms with Crippen LogP contribution >= 0.6 is 11.6 Å². The van der Waals surface area contributed by atoms with E-state index in [1.807, 2.05) is 18.2 Å². The molecule has 0 saturated heterocycles. The van der Waals surface area contributed by atoms with E-state index >= 15 is 0 Å². The molecule has 20 heavy (non-hydrogen) atoms. The van der Waals surface area contributed by atoms with Crippen molar-refractivity contribution >= 4 is 29.2 Å². The third-order valence-electron chi connectivity index (χ3n) is 3.18. The summed E-state index contributed by atoms with van der Waals surface area (Å²) in [4.78, 5) is 24.3. The molecular formula is C14H16ClNO4. The number of fused-ring (bicyclic) bond motifs is 1. The van der Waals surface area contributed by atoms with Crippen molar-refractivity contribution in [2.24, 2.45) is 0 Å². The van der Waals surface area contributed by atoms with E-state index in [-0.39, 0.29) is 30.3 Å². The van der Waals surface area contributed by atoms with Gasteiger partial charge in [-0.05, 0) is 24.1 Å². The fourth-order valence-corrected chi connectivity index (χ4v) is 2.34. The summed E-state index contributed by atoms with van der Waals surface area (Å²) in [5.74, 6) is 0.250. The summed E-state index contributed by atoms with van der Waals surface area (Å²) in [6.07, 6.45) is 0.673. The number of likely N-dealkylation sites (N-methyl/N-ethyl adjacent to an activating group) is 1. The highest BCUT2D eigenvalue weighted by molar-refractivity contribution is 6.21. The molecule has 1 aromatic rings. The first-order valence-electron chi connectivity index (χ1n) is 6.24. The molecule has 0 fully saturated rings. The maximum atomic E-state index is 11.6. The van der Waals surface area contributed by atoms with Crippen LogP contribution in [-0.2, 0) is 20.7 Å². The number of ether oxygens (including phenoxy) is 2. The Bertz CT molecular complexity index is 532. The number of anilines is 1. The predicted molar refractivity (Wildman–Crippen MR) is 75.3 cm³/mol. The first-order valence-corrected chi connectivity index (χ1v) is 6.68. The standard InChI is InChI=1S/C14H16ClNO4/c1-16-11-6-9(5-10(15)7-14(18)19-2)3-4-12(11)20-8-13(16)17/h3-4,6,10H,5,7-8H2,1-2H3. The Balaban J connectivity index is 2.11. The quantitative estimate of drug-likeness (QED) is 0.628. The molecular weight excluding hydrogens is 282 g/mol. The van der Waals surface area contributed by atoms with Crippen molar-refractivity contribution in [1.29, 1.82) is 0 Å². The van der Waals surface area contributed by atoms with E-state index in [2.05, 4.69) is 4.74 Å². The van der Waals surface area contributed by atoms with E-state index in [1.165, 1.54) is 7.11 Å². The van der Waals surface area contributed by atoms with Crippen molar-refractivity contribution in [3.05, 3.63) is 23.8 Å². The van der Waals surface area contributed by atoms with E-state index in [1.54, 1.807) is 11.9 Å². The number of alkyl halides is 1. The molecule has 1 aliphatic heterocycles. The van der Waals surface area contributed by atoms with Gasteiger partial charge in [0.25, 0.3) is 5.91 Å². The summed E-state index contributed by atoms with van der Waals surface area (Å²) in [5.41, 5.74) is 1.67. The Labute approximate surface area is 122 Å². The summed E-state index contributed by atoms with van der Waals surface area (Å²) in [5, 5.41) is -0.342. The molecule has 1 amide bonds. The molecule has 1 heterocycles. The lowest BCUT2D eigenvalue weighted by Gasteiger charge is -2.26. The minimum absolute atomic E-state index is 0.0588. The van der Waals surface area contributed by atoms with Crippen LogP contribution in [0.1, 0.15) is 12.0 Å². The predicted octanol–water partition coefficient (Wildman–Crippen LogP) is 1.75. The lowest BCUT2D eigenvalue weighted by atomic mass is 10.1. The Morgan fingerprint density at radius 1 is 1.55 bits per heavy atom. The molecule has 1 atom stereocenters. The number of esters is 1. The largest absolute Gasteiger partial charge is 0.482 e. The molecule has 0 saturated carbocycles. The van der Waals surface area contributed by atoms with Crippen LogP contribution in [-0.4, -0.2) is 38.0 Å². The van der Waals surface area contributed by atoms with Crippen molar-refractivity contribution in [2.45, 2.75) is 18.2 Å². The number of nitrogens with zero attached hydrogens (tertiary/aromatic N) is 1. The Morgan fingerprint density at radius 2 is 2.30 bits per heavy atom. The fourth-order valence-electron chi connectivity index (χ4n) is 2.04. The second kappa shape index (κ2) is 6.13. The van der Waals surface area contributed by atoms with Crippen LogP contribution in [0.2, 0.25) is 0 Å². The number of methoxy groups -OCH3 is 1. The minimum Gasteiger partial charge on any atom is -0.482 e. The number of benzene rings is 1. The first kappa shape index (κ1) is 14.7. The highest BCUT2D eigenvalue weighted by Crippen LogP contribution is 2.32. The summed E-state index contributed by atoms with van der Waals surface area (Å²) >= 11 is 6.12. The van der Waals surface area contributed by atoms with Gasteiger partial charge in [0.1, 0.15) is 5.75 Å². The van der Waals surface area contributed by atoms with Gasteiger partial charge in [0.15, 0.2) is 6.61 Å². The van der Waals surface area contributed by atoms with E-state index in [0.717, 1.165) is 11.3 Å². The van der Waals surface area contributed by atoms with Gasteiger partial charge in [-0.15, -0.1) is 11.6 Å². The number of hydrogen-bond acceptors (Lipinski definition) is 4. The monoisotopic (exact) mass is 297 g/mol. The summed E-state index contributed by atoms with van der Waals surface area (Å²) < 4.78 is 9.93. The van der Waals surface area contributed by atoms with Crippen LogP contribution in [0, 0.1) is 0 Å². The van der Waals surface area contributed by atoms with Crippen molar-refractivity contribution in [3.63, 3.8) is 0 Å². The van der Waals surface area contributed by atoms with E-state index in [0.29, 0.717) is 12.2 Å². The smallest absolute Gasteiger partial charge is 0.307 e.